The lowest BCUT2D eigenvalue weighted by Crippen LogP contribution is -2.56. The van der Waals surface area contributed by atoms with Crippen LogP contribution in [0.15, 0.2) is 61.2 Å². The number of hydrogen-bond donors (Lipinski definition) is 1. The van der Waals surface area contributed by atoms with Crippen LogP contribution in [0.25, 0.3) is 0 Å². The van der Waals surface area contributed by atoms with E-state index in [2.05, 4.69) is 10.1 Å². The standard InChI is InChI=1S/C20H19F4N3O4S/c21-16-6-7-17(18(22)10-16)19(12-27-14-25-13-26-27,20(23,24)32(29,30)9-8-28)31-11-15-4-2-1-3-5-15/h1-7,10,13-14,28H,8-9,11-12H2. The smallest absolute Gasteiger partial charge is 0.379 e. The first-order valence-corrected chi connectivity index (χ1v) is 10.9. The van der Waals surface area contributed by atoms with Gasteiger partial charge in [-0.25, -0.2) is 26.9 Å². The van der Waals surface area contributed by atoms with Crippen molar-refractivity contribution in [2.24, 2.45) is 0 Å². The normalized spacial score (nSPS) is 14.3. The van der Waals surface area contributed by atoms with Gasteiger partial charge in [-0.2, -0.15) is 13.9 Å². The van der Waals surface area contributed by atoms with Gasteiger partial charge in [0.05, 0.1) is 25.5 Å². The SMILES string of the molecule is O=S(=O)(CCO)C(F)(F)C(Cn1cncn1)(OCc1ccccc1)c1ccc(F)cc1F. The highest BCUT2D eigenvalue weighted by molar-refractivity contribution is 7.92. The lowest BCUT2D eigenvalue weighted by Gasteiger charge is -2.40. The molecule has 2 aromatic carbocycles. The van der Waals surface area contributed by atoms with Crippen LogP contribution in [0.5, 0.6) is 0 Å². The molecule has 3 rings (SSSR count). The number of alkyl halides is 2. The Balaban J connectivity index is 2.25. The maximum atomic E-state index is 15.8. The zero-order valence-electron chi connectivity index (χ0n) is 16.5. The monoisotopic (exact) mass is 473 g/mol. The van der Waals surface area contributed by atoms with Crippen LogP contribution in [-0.2, 0) is 33.3 Å². The summed E-state index contributed by atoms with van der Waals surface area (Å²) < 4.78 is 91.6. The summed E-state index contributed by atoms with van der Waals surface area (Å²) in [5.74, 6) is -3.79. The van der Waals surface area contributed by atoms with Gasteiger partial charge in [0.15, 0.2) is 5.60 Å². The van der Waals surface area contributed by atoms with E-state index < -0.39 is 63.4 Å². The third kappa shape index (κ3) is 4.52. The fourth-order valence-corrected chi connectivity index (χ4v) is 4.41. The molecule has 1 N–H and O–H groups in total. The molecule has 0 saturated carbocycles. The summed E-state index contributed by atoms with van der Waals surface area (Å²) in [4.78, 5) is 3.64. The molecule has 7 nitrogen and oxygen atoms in total. The van der Waals surface area contributed by atoms with Gasteiger partial charge in [-0.1, -0.05) is 30.3 Å². The van der Waals surface area contributed by atoms with Crippen molar-refractivity contribution >= 4 is 9.84 Å². The van der Waals surface area contributed by atoms with Crippen molar-refractivity contribution < 1.29 is 35.8 Å². The second-order valence-corrected chi connectivity index (χ2v) is 9.03. The van der Waals surface area contributed by atoms with Gasteiger partial charge < -0.3 is 9.84 Å². The molecule has 3 aromatic rings. The maximum absolute atomic E-state index is 15.8. The number of benzene rings is 2. The average Bonchev–Trinajstić information content (AvgIpc) is 3.25. The molecule has 0 aliphatic heterocycles. The zero-order valence-corrected chi connectivity index (χ0v) is 17.4. The first-order valence-electron chi connectivity index (χ1n) is 9.30. The number of aliphatic hydroxyl groups is 1. The molecule has 12 heteroatoms. The van der Waals surface area contributed by atoms with Gasteiger partial charge in [0.2, 0.25) is 9.84 Å². The Bertz CT molecular complexity index is 1140. The first-order chi connectivity index (χ1) is 15.1. The third-order valence-electron chi connectivity index (χ3n) is 4.77. The van der Waals surface area contributed by atoms with Gasteiger partial charge in [-0.15, -0.1) is 0 Å². The number of nitrogens with zero attached hydrogens (tertiary/aromatic N) is 3. The molecule has 0 fully saturated rings. The number of aromatic nitrogens is 3. The summed E-state index contributed by atoms with van der Waals surface area (Å²) in [6.45, 7) is -2.60. The lowest BCUT2D eigenvalue weighted by atomic mass is 9.92. The minimum atomic E-state index is -5.38. The molecule has 1 unspecified atom stereocenters. The molecule has 0 bridgehead atoms. The highest BCUT2D eigenvalue weighted by Crippen LogP contribution is 2.47. The minimum absolute atomic E-state index is 0.353. The van der Waals surface area contributed by atoms with E-state index in [1.807, 2.05) is 0 Å². The van der Waals surface area contributed by atoms with Crippen molar-refractivity contribution in [3.05, 3.63) is 83.9 Å². The highest BCUT2D eigenvalue weighted by Gasteiger charge is 2.65. The molecule has 0 saturated heterocycles. The molecular weight excluding hydrogens is 454 g/mol. The van der Waals surface area contributed by atoms with Gasteiger partial charge in [0.1, 0.15) is 24.3 Å². The molecule has 0 aliphatic rings. The summed E-state index contributed by atoms with van der Waals surface area (Å²) in [7, 11) is -5.38. The molecule has 0 radical (unpaired) electrons. The van der Waals surface area contributed by atoms with Crippen LogP contribution >= 0.6 is 0 Å². The van der Waals surface area contributed by atoms with Crippen molar-refractivity contribution in [1.82, 2.24) is 14.8 Å². The largest absolute Gasteiger partial charge is 0.395 e. The van der Waals surface area contributed by atoms with E-state index >= 15 is 8.78 Å². The molecule has 1 atom stereocenters. The second kappa shape index (κ2) is 9.35. The van der Waals surface area contributed by atoms with Gasteiger partial charge in [-0.05, 0) is 17.7 Å². The number of aliphatic hydroxyl groups excluding tert-OH is 1. The Hall–Kier alpha value is -2.83. The molecule has 0 spiro atoms. The number of ether oxygens (including phenoxy) is 1. The van der Waals surface area contributed by atoms with Crippen molar-refractivity contribution in [2.75, 3.05) is 12.4 Å². The molecule has 0 amide bonds. The fourth-order valence-electron chi connectivity index (χ4n) is 3.18. The van der Waals surface area contributed by atoms with Crippen LogP contribution in [0, 0.1) is 11.6 Å². The fraction of sp³-hybridized carbons (Fsp3) is 0.300. The molecule has 1 aromatic heterocycles. The van der Waals surface area contributed by atoms with Crippen LogP contribution in [0.3, 0.4) is 0 Å². The Morgan fingerprint density at radius 3 is 2.41 bits per heavy atom. The van der Waals surface area contributed by atoms with Crippen molar-refractivity contribution in [3.8, 4) is 0 Å². The Morgan fingerprint density at radius 2 is 1.81 bits per heavy atom. The van der Waals surface area contributed by atoms with Crippen LogP contribution in [0.1, 0.15) is 11.1 Å². The van der Waals surface area contributed by atoms with E-state index in [1.54, 1.807) is 30.3 Å². The lowest BCUT2D eigenvalue weighted by molar-refractivity contribution is -0.189. The zero-order chi connectivity index (χ0) is 23.4. The molecular formula is C20H19F4N3O4S. The summed E-state index contributed by atoms with van der Waals surface area (Å²) >= 11 is 0. The van der Waals surface area contributed by atoms with Gasteiger partial charge in [-0.3, -0.25) is 0 Å². The van der Waals surface area contributed by atoms with Crippen molar-refractivity contribution in [1.29, 1.82) is 0 Å². The Morgan fingerprint density at radius 1 is 1.09 bits per heavy atom. The second-order valence-electron chi connectivity index (χ2n) is 6.88. The van der Waals surface area contributed by atoms with Crippen LogP contribution in [-0.4, -0.2) is 45.9 Å². The molecule has 172 valence electrons. The van der Waals surface area contributed by atoms with E-state index in [0.717, 1.165) is 23.4 Å². The quantitative estimate of drug-likeness (QED) is 0.455. The van der Waals surface area contributed by atoms with E-state index in [0.29, 0.717) is 17.7 Å². The Labute approximate surface area is 181 Å². The Kier molecular flexibility index (Phi) is 6.96. The summed E-state index contributed by atoms with van der Waals surface area (Å²) in [6, 6.07) is 9.75. The number of sulfone groups is 1. The predicted molar refractivity (Wildman–Crippen MR) is 105 cm³/mol. The number of hydrogen-bond acceptors (Lipinski definition) is 6. The van der Waals surface area contributed by atoms with Crippen LogP contribution in [0.4, 0.5) is 17.6 Å². The number of halogens is 4. The summed E-state index contributed by atoms with van der Waals surface area (Å²) in [5, 5.41) is 8.01. The summed E-state index contributed by atoms with van der Waals surface area (Å²) in [5.41, 5.74) is -3.67. The van der Waals surface area contributed by atoms with E-state index in [4.69, 9.17) is 9.84 Å². The molecule has 0 aliphatic carbocycles. The van der Waals surface area contributed by atoms with E-state index in [-0.39, 0.29) is 0 Å². The highest BCUT2D eigenvalue weighted by atomic mass is 32.2. The molecule has 32 heavy (non-hydrogen) atoms. The topological polar surface area (TPSA) is 94.3 Å². The van der Waals surface area contributed by atoms with Gasteiger partial charge in [0, 0.05) is 11.6 Å². The third-order valence-corrected chi connectivity index (χ3v) is 6.60. The number of rotatable bonds is 10. The summed E-state index contributed by atoms with van der Waals surface area (Å²) in [6.07, 6.45) is 2.04. The van der Waals surface area contributed by atoms with Gasteiger partial charge >= 0.3 is 5.25 Å². The van der Waals surface area contributed by atoms with Crippen molar-refractivity contribution in [2.45, 2.75) is 24.0 Å². The van der Waals surface area contributed by atoms with E-state index in [9.17, 15) is 17.2 Å². The predicted octanol–water partition coefficient (Wildman–Crippen LogP) is 2.67. The molecule has 1 heterocycles. The van der Waals surface area contributed by atoms with Crippen LogP contribution in [0.2, 0.25) is 0 Å². The van der Waals surface area contributed by atoms with Crippen molar-refractivity contribution in [3.63, 3.8) is 0 Å². The van der Waals surface area contributed by atoms with Gasteiger partial charge in [0.25, 0.3) is 0 Å². The average molecular weight is 473 g/mol. The first kappa shape index (κ1) is 23.8. The minimum Gasteiger partial charge on any atom is -0.395 e. The maximum Gasteiger partial charge on any atom is 0.379 e. The van der Waals surface area contributed by atoms with E-state index in [1.165, 1.54) is 0 Å². The van der Waals surface area contributed by atoms with Crippen LogP contribution < -0.4 is 0 Å².